The van der Waals surface area contributed by atoms with Gasteiger partial charge in [-0.3, -0.25) is 4.79 Å². The van der Waals surface area contributed by atoms with Crippen molar-refractivity contribution >= 4 is 17.9 Å². The molecule has 0 radical (unpaired) electrons. The number of benzene rings is 2. The molecule has 1 aliphatic rings. The molecule has 0 saturated carbocycles. The van der Waals surface area contributed by atoms with E-state index in [0.717, 1.165) is 25.5 Å². The maximum atomic E-state index is 11.1. The van der Waals surface area contributed by atoms with E-state index in [1.165, 1.54) is 27.8 Å². The van der Waals surface area contributed by atoms with Crippen LogP contribution in [0.25, 0.3) is 11.6 Å². The van der Waals surface area contributed by atoms with Crippen LogP contribution in [0, 0.1) is 12.8 Å². The largest absolute Gasteiger partial charge is 0.299 e. The molecule has 1 unspecified atom stereocenters. The molecule has 2 aromatic carbocycles. The number of aldehydes is 1. The molecule has 0 aliphatic heterocycles. The summed E-state index contributed by atoms with van der Waals surface area (Å²) in [6.07, 6.45) is 10.3. The summed E-state index contributed by atoms with van der Waals surface area (Å²) in [6.45, 7) is 2.11. The van der Waals surface area contributed by atoms with Crippen molar-refractivity contribution in [1.29, 1.82) is 0 Å². The fourth-order valence-electron chi connectivity index (χ4n) is 3.41. The second kappa shape index (κ2) is 7.23. The summed E-state index contributed by atoms with van der Waals surface area (Å²) < 4.78 is 0. The Kier molecular flexibility index (Phi) is 4.87. The molecule has 0 aromatic heterocycles. The highest BCUT2D eigenvalue weighted by molar-refractivity contribution is 5.84. The Balaban J connectivity index is 1.78. The van der Waals surface area contributed by atoms with Crippen molar-refractivity contribution in [3.05, 3.63) is 82.9 Å². The number of rotatable bonds is 4. The molecular formula is C22H22O. The van der Waals surface area contributed by atoms with E-state index in [-0.39, 0.29) is 0 Å². The van der Waals surface area contributed by atoms with E-state index in [2.05, 4.69) is 67.6 Å². The predicted octanol–water partition coefficient (Wildman–Crippen LogP) is 5.24. The smallest absolute Gasteiger partial charge is 0.143 e. The molecule has 0 fully saturated rings. The molecule has 0 N–H and O–H groups in total. The Bertz CT molecular complexity index is 752. The SMILES string of the molecule is Cc1cccc(/C=C/CC2CCc3ccccc3/C2=C/C=O)c1. The fourth-order valence-corrected chi connectivity index (χ4v) is 3.41. The zero-order valence-corrected chi connectivity index (χ0v) is 13.5. The van der Waals surface area contributed by atoms with E-state index in [1.54, 1.807) is 6.08 Å². The number of allylic oxidation sites excluding steroid dienone is 3. The van der Waals surface area contributed by atoms with Crippen LogP contribution >= 0.6 is 0 Å². The summed E-state index contributed by atoms with van der Waals surface area (Å²) in [5.74, 6) is 0.427. The zero-order valence-electron chi connectivity index (χ0n) is 13.5. The van der Waals surface area contributed by atoms with Crippen LogP contribution in [0.5, 0.6) is 0 Å². The van der Waals surface area contributed by atoms with Crippen LogP contribution in [0.3, 0.4) is 0 Å². The lowest BCUT2D eigenvalue weighted by molar-refractivity contribution is -0.104. The lowest BCUT2D eigenvalue weighted by Crippen LogP contribution is -2.13. The molecule has 1 heteroatoms. The highest BCUT2D eigenvalue weighted by Crippen LogP contribution is 2.37. The molecule has 3 rings (SSSR count). The molecule has 0 amide bonds. The first-order chi connectivity index (χ1) is 11.3. The summed E-state index contributed by atoms with van der Waals surface area (Å²) in [6, 6.07) is 17.0. The summed E-state index contributed by atoms with van der Waals surface area (Å²) in [4.78, 5) is 11.1. The molecule has 0 saturated heterocycles. The number of carbonyl (C=O) groups is 1. The first kappa shape index (κ1) is 15.5. The fraction of sp³-hybridized carbons (Fsp3) is 0.227. The van der Waals surface area contributed by atoms with Crippen LogP contribution in [0.1, 0.15) is 35.1 Å². The monoisotopic (exact) mass is 302 g/mol. The Labute approximate surface area is 138 Å². The van der Waals surface area contributed by atoms with Gasteiger partial charge in [-0.2, -0.15) is 0 Å². The summed E-state index contributed by atoms with van der Waals surface area (Å²) in [5, 5.41) is 0. The van der Waals surface area contributed by atoms with Crippen LogP contribution in [0.2, 0.25) is 0 Å². The number of fused-ring (bicyclic) bond motifs is 1. The third-order valence-corrected chi connectivity index (χ3v) is 4.55. The molecule has 1 aliphatic carbocycles. The number of carbonyl (C=O) groups excluding carboxylic acids is 1. The molecular weight excluding hydrogens is 280 g/mol. The minimum absolute atomic E-state index is 0.427. The number of aryl methyl sites for hydroxylation is 2. The summed E-state index contributed by atoms with van der Waals surface area (Å²) in [7, 11) is 0. The van der Waals surface area contributed by atoms with Crippen LogP contribution in [0.4, 0.5) is 0 Å². The predicted molar refractivity (Wildman–Crippen MR) is 97.1 cm³/mol. The van der Waals surface area contributed by atoms with Crippen LogP contribution in [-0.4, -0.2) is 6.29 Å². The van der Waals surface area contributed by atoms with Crippen molar-refractivity contribution in [2.24, 2.45) is 5.92 Å². The van der Waals surface area contributed by atoms with Gasteiger partial charge in [0.25, 0.3) is 0 Å². The minimum Gasteiger partial charge on any atom is -0.299 e. The standard InChI is InChI=1S/C22H22O/c1-17-6-4-7-18(16-17)8-5-10-20-13-12-19-9-2-3-11-21(19)22(20)14-15-23/h2-9,11,14-16,20H,10,12-13H2,1H3/b8-5+,22-14+. The van der Waals surface area contributed by atoms with E-state index in [0.29, 0.717) is 5.92 Å². The van der Waals surface area contributed by atoms with E-state index in [9.17, 15) is 4.79 Å². The molecule has 0 heterocycles. The second-order valence-corrected chi connectivity index (χ2v) is 6.20. The van der Waals surface area contributed by atoms with E-state index >= 15 is 0 Å². The molecule has 0 spiro atoms. The summed E-state index contributed by atoms with van der Waals surface area (Å²) in [5.41, 5.74) is 6.32. The highest BCUT2D eigenvalue weighted by Gasteiger charge is 2.22. The number of hydrogen-bond donors (Lipinski definition) is 0. The van der Waals surface area contributed by atoms with Gasteiger partial charge in [-0.25, -0.2) is 0 Å². The third-order valence-electron chi connectivity index (χ3n) is 4.55. The average molecular weight is 302 g/mol. The van der Waals surface area contributed by atoms with Gasteiger partial charge in [0.05, 0.1) is 0 Å². The van der Waals surface area contributed by atoms with Crippen molar-refractivity contribution in [3.8, 4) is 0 Å². The first-order valence-corrected chi connectivity index (χ1v) is 8.25. The Morgan fingerprint density at radius 1 is 1.13 bits per heavy atom. The van der Waals surface area contributed by atoms with Gasteiger partial charge in [0.15, 0.2) is 0 Å². The maximum Gasteiger partial charge on any atom is 0.143 e. The van der Waals surface area contributed by atoms with E-state index in [4.69, 9.17) is 0 Å². The molecule has 1 atom stereocenters. The van der Waals surface area contributed by atoms with Gasteiger partial charge < -0.3 is 0 Å². The topological polar surface area (TPSA) is 17.1 Å². The van der Waals surface area contributed by atoms with Crippen molar-refractivity contribution in [1.82, 2.24) is 0 Å². The lowest BCUT2D eigenvalue weighted by atomic mass is 9.78. The average Bonchev–Trinajstić information content (AvgIpc) is 2.57. The second-order valence-electron chi connectivity index (χ2n) is 6.20. The van der Waals surface area contributed by atoms with Crippen LogP contribution < -0.4 is 0 Å². The maximum absolute atomic E-state index is 11.1. The van der Waals surface area contributed by atoms with Gasteiger partial charge in [0.2, 0.25) is 0 Å². The molecule has 0 bridgehead atoms. The minimum atomic E-state index is 0.427. The van der Waals surface area contributed by atoms with Crippen molar-refractivity contribution < 1.29 is 4.79 Å². The van der Waals surface area contributed by atoms with Gasteiger partial charge in [-0.05, 0) is 60.4 Å². The zero-order chi connectivity index (χ0) is 16.1. The first-order valence-electron chi connectivity index (χ1n) is 8.25. The molecule has 1 nitrogen and oxygen atoms in total. The van der Waals surface area contributed by atoms with E-state index in [1.807, 2.05) is 0 Å². The molecule has 23 heavy (non-hydrogen) atoms. The Morgan fingerprint density at radius 3 is 2.83 bits per heavy atom. The van der Waals surface area contributed by atoms with Gasteiger partial charge in [-0.15, -0.1) is 0 Å². The van der Waals surface area contributed by atoms with Gasteiger partial charge >= 0.3 is 0 Å². The molecule has 2 aromatic rings. The van der Waals surface area contributed by atoms with E-state index < -0.39 is 0 Å². The quantitative estimate of drug-likeness (QED) is 0.557. The highest BCUT2D eigenvalue weighted by atomic mass is 16.1. The van der Waals surface area contributed by atoms with Gasteiger partial charge in [-0.1, -0.05) is 66.2 Å². The number of hydrogen-bond acceptors (Lipinski definition) is 1. The van der Waals surface area contributed by atoms with Crippen LogP contribution in [0.15, 0.2) is 60.7 Å². The van der Waals surface area contributed by atoms with Gasteiger partial charge in [0, 0.05) is 0 Å². The normalized spacial score (nSPS) is 19.0. The third kappa shape index (κ3) is 3.68. The van der Waals surface area contributed by atoms with Crippen molar-refractivity contribution in [2.75, 3.05) is 0 Å². The molecule has 116 valence electrons. The summed E-state index contributed by atoms with van der Waals surface area (Å²) >= 11 is 0. The lowest BCUT2D eigenvalue weighted by Gasteiger charge is -2.27. The Hall–Kier alpha value is -2.41. The Morgan fingerprint density at radius 2 is 2.00 bits per heavy atom. The van der Waals surface area contributed by atoms with Gasteiger partial charge in [0.1, 0.15) is 6.29 Å². The van der Waals surface area contributed by atoms with Crippen molar-refractivity contribution in [2.45, 2.75) is 26.2 Å². The van der Waals surface area contributed by atoms with Crippen molar-refractivity contribution in [3.63, 3.8) is 0 Å². The van der Waals surface area contributed by atoms with Crippen LogP contribution in [-0.2, 0) is 11.2 Å².